The first kappa shape index (κ1) is 13.4. The van der Waals surface area contributed by atoms with Crippen molar-refractivity contribution >= 4 is 0 Å². The van der Waals surface area contributed by atoms with E-state index in [0.29, 0.717) is 5.92 Å². The van der Waals surface area contributed by atoms with E-state index in [9.17, 15) is 10.2 Å². The van der Waals surface area contributed by atoms with Crippen LogP contribution in [0.1, 0.15) is 59.8 Å². The van der Waals surface area contributed by atoms with Crippen molar-refractivity contribution in [3.05, 3.63) is 0 Å². The van der Waals surface area contributed by atoms with E-state index in [0.717, 1.165) is 19.3 Å². The first-order valence-electron chi connectivity index (χ1n) is 7.18. The molecular formula is C15H28O2. The average Bonchev–Trinajstić information content (AvgIpc) is 2.55. The molecule has 100 valence electrons. The highest BCUT2D eigenvalue weighted by Gasteiger charge is 2.56. The van der Waals surface area contributed by atoms with E-state index in [2.05, 4.69) is 20.8 Å². The van der Waals surface area contributed by atoms with Crippen LogP contribution in [0.2, 0.25) is 0 Å². The van der Waals surface area contributed by atoms with Crippen LogP contribution in [0.4, 0.5) is 0 Å². The van der Waals surface area contributed by atoms with Gasteiger partial charge in [0, 0.05) is 0 Å². The van der Waals surface area contributed by atoms with Gasteiger partial charge in [-0.05, 0) is 55.8 Å². The van der Waals surface area contributed by atoms with E-state index in [1.54, 1.807) is 0 Å². The summed E-state index contributed by atoms with van der Waals surface area (Å²) >= 11 is 0. The summed E-state index contributed by atoms with van der Waals surface area (Å²) < 4.78 is 0. The molecular weight excluding hydrogens is 212 g/mol. The lowest BCUT2D eigenvalue weighted by Crippen LogP contribution is -2.50. The minimum Gasteiger partial charge on any atom is -0.393 e. The molecule has 1 unspecified atom stereocenters. The number of aliphatic hydroxyl groups is 2. The molecule has 2 rings (SSSR count). The standard InChI is InChI=1S/C15H28O2/c1-10(2)12(16)11-6-9-14(3)7-5-8-15(4,17)13(11)14/h10-13,16-17H,5-9H2,1-4H3/t11-,12?,13-,14-,15-/m1/s1. The van der Waals surface area contributed by atoms with Gasteiger partial charge < -0.3 is 10.2 Å². The molecule has 2 aliphatic carbocycles. The molecule has 0 amide bonds. The van der Waals surface area contributed by atoms with E-state index in [4.69, 9.17) is 0 Å². The van der Waals surface area contributed by atoms with Crippen molar-refractivity contribution in [2.45, 2.75) is 71.5 Å². The van der Waals surface area contributed by atoms with E-state index in [1.165, 1.54) is 12.8 Å². The predicted octanol–water partition coefficient (Wildman–Crippen LogP) is 2.97. The number of fused-ring (bicyclic) bond motifs is 1. The van der Waals surface area contributed by atoms with Crippen LogP contribution in [0.5, 0.6) is 0 Å². The third-order valence-electron chi connectivity index (χ3n) is 5.45. The second-order valence-electron chi connectivity index (χ2n) is 7.28. The Hall–Kier alpha value is -0.0800. The van der Waals surface area contributed by atoms with Gasteiger partial charge in [-0.1, -0.05) is 27.2 Å². The van der Waals surface area contributed by atoms with Crippen LogP contribution in [0.25, 0.3) is 0 Å². The second kappa shape index (κ2) is 4.24. The summed E-state index contributed by atoms with van der Waals surface area (Å²) in [5, 5.41) is 21.1. The Kier molecular flexibility index (Phi) is 3.33. The lowest BCUT2D eigenvalue weighted by Gasteiger charge is -2.49. The maximum absolute atomic E-state index is 10.7. The van der Waals surface area contributed by atoms with Crippen molar-refractivity contribution in [1.82, 2.24) is 0 Å². The molecule has 0 heterocycles. The topological polar surface area (TPSA) is 40.5 Å². The first-order valence-corrected chi connectivity index (χ1v) is 7.18. The summed E-state index contributed by atoms with van der Waals surface area (Å²) in [4.78, 5) is 0. The first-order chi connectivity index (χ1) is 7.78. The summed E-state index contributed by atoms with van der Waals surface area (Å²) in [7, 11) is 0. The van der Waals surface area contributed by atoms with Crippen LogP contribution >= 0.6 is 0 Å². The lowest BCUT2D eigenvalue weighted by molar-refractivity contribution is -0.119. The van der Waals surface area contributed by atoms with Crippen molar-refractivity contribution in [3.8, 4) is 0 Å². The molecule has 17 heavy (non-hydrogen) atoms. The lowest BCUT2D eigenvalue weighted by atomic mass is 9.59. The van der Waals surface area contributed by atoms with Crippen molar-refractivity contribution in [2.75, 3.05) is 0 Å². The Morgan fingerprint density at radius 3 is 2.35 bits per heavy atom. The van der Waals surface area contributed by atoms with Gasteiger partial charge in [0.1, 0.15) is 0 Å². The summed E-state index contributed by atoms with van der Waals surface area (Å²) in [6, 6.07) is 0. The van der Waals surface area contributed by atoms with E-state index < -0.39 is 5.60 Å². The fraction of sp³-hybridized carbons (Fsp3) is 1.00. The Balaban J connectivity index is 2.27. The fourth-order valence-corrected chi connectivity index (χ4v) is 4.70. The molecule has 2 fully saturated rings. The second-order valence-corrected chi connectivity index (χ2v) is 7.28. The Morgan fingerprint density at radius 2 is 1.76 bits per heavy atom. The van der Waals surface area contributed by atoms with Crippen molar-refractivity contribution in [3.63, 3.8) is 0 Å². The fourth-order valence-electron chi connectivity index (χ4n) is 4.70. The van der Waals surface area contributed by atoms with Gasteiger partial charge in [0.2, 0.25) is 0 Å². The monoisotopic (exact) mass is 240 g/mol. The Bertz CT molecular complexity index is 285. The van der Waals surface area contributed by atoms with Gasteiger partial charge >= 0.3 is 0 Å². The molecule has 0 aromatic carbocycles. The molecule has 0 spiro atoms. The van der Waals surface area contributed by atoms with E-state index in [1.807, 2.05) is 6.92 Å². The number of rotatable bonds is 2. The molecule has 2 aliphatic rings. The highest BCUT2D eigenvalue weighted by atomic mass is 16.3. The van der Waals surface area contributed by atoms with Gasteiger partial charge in [0.15, 0.2) is 0 Å². The van der Waals surface area contributed by atoms with E-state index in [-0.39, 0.29) is 23.4 Å². The van der Waals surface area contributed by atoms with Crippen molar-refractivity contribution in [2.24, 2.45) is 23.2 Å². The van der Waals surface area contributed by atoms with E-state index >= 15 is 0 Å². The predicted molar refractivity (Wildman–Crippen MR) is 69.6 cm³/mol. The summed E-state index contributed by atoms with van der Waals surface area (Å²) in [5.41, 5.74) is -0.327. The van der Waals surface area contributed by atoms with Gasteiger partial charge in [-0.3, -0.25) is 0 Å². The van der Waals surface area contributed by atoms with Crippen LogP contribution in [0.3, 0.4) is 0 Å². The normalized spacial score (nSPS) is 48.2. The smallest absolute Gasteiger partial charge is 0.0656 e. The third kappa shape index (κ3) is 2.15. The highest BCUT2D eigenvalue weighted by molar-refractivity contribution is 5.06. The van der Waals surface area contributed by atoms with Crippen LogP contribution < -0.4 is 0 Å². The molecule has 0 saturated heterocycles. The van der Waals surface area contributed by atoms with Crippen molar-refractivity contribution in [1.29, 1.82) is 0 Å². The molecule has 0 radical (unpaired) electrons. The molecule has 2 saturated carbocycles. The molecule has 2 nitrogen and oxygen atoms in total. The van der Waals surface area contributed by atoms with Crippen LogP contribution in [-0.2, 0) is 0 Å². The van der Waals surface area contributed by atoms with Crippen LogP contribution in [0.15, 0.2) is 0 Å². The highest BCUT2D eigenvalue weighted by Crippen LogP contribution is 2.59. The molecule has 5 atom stereocenters. The zero-order valence-corrected chi connectivity index (χ0v) is 11.7. The Labute approximate surface area is 105 Å². The minimum atomic E-state index is -0.579. The molecule has 2 heteroatoms. The van der Waals surface area contributed by atoms with Gasteiger partial charge in [-0.2, -0.15) is 0 Å². The average molecular weight is 240 g/mol. The maximum Gasteiger partial charge on any atom is 0.0656 e. The SMILES string of the molecule is CC(C)C(O)[C@H]1CC[C@@]2(C)CCC[C@@](C)(O)[C@H]12. The number of hydrogen-bond acceptors (Lipinski definition) is 2. The van der Waals surface area contributed by atoms with Gasteiger partial charge in [0.05, 0.1) is 11.7 Å². The summed E-state index contributed by atoms with van der Waals surface area (Å²) in [6.45, 7) is 8.47. The van der Waals surface area contributed by atoms with Crippen LogP contribution in [0, 0.1) is 23.2 Å². The molecule has 0 aliphatic heterocycles. The quantitative estimate of drug-likeness (QED) is 0.779. The zero-order chi connectivity index (χ0) is 12.8. The number of hydrogen-bond donors (Lipinski definition) is 2. The minimum absolute atomic E-state index is 0.252. The number of aliphatic hydroxyl groups excluding tert-OH is 1. The molecule has 0 bridgehead atoms. The van der Waals surface area contributed by atoms with Crippen molar-refractivity contribution < 1.29 is 10.2 Å². The molecule has 0 aromatic rings. The molecule has 2 N–H and O–H groups in total. The maximum atomic E-state index is 10.7. The molecule has 0 aromatic heterocycles. The summed E-state index contributed by atoms with van der Waals surface area (Å²) in [5.74, 6) is 0.858. The van der Waals surface area contributed by atoms with Crippen LogP contribution in [-0.4, -0.2) is 21.9 Å². The largest absolute Gasteiger partial charge is 0.393 e. The summed E-state index contributed by atoms with van der Waals surface area (Å²) in [6.07, 6.45) is 5.24. The zero-order valence-electron chi connectivity index (χ0n) is 11.7. The van der Waals surface area contributed by atoms with Gasteiger partial charge in [-0.25, -0.2) is 0 Å². The third-order valence-corrected chi connectivity index (χ3v) is 5.45. The van der Waals surface area contributed by atoms with Gasteiger partial charge in [-0.15, -0.1) is 0 Å². The van der Waals surface area contributed by atoms with Gasteiger partial charge in [0.25, 0.3) is 0 Å². The Morgan fingerprint density at radius 1 is 1.12 bits per heavy atom.